The lowest BCUT2D eigenvalue weighted by atomic mass is 10.2. The Bertz CT molecular complexity index is 1270. The number of aromatic nitrogens is 3. The van der Waals surface area contributed by atoms with Crippen molar-refractivity contribution in [3.05, 3.63) is 78.2 Å². The molecule has 1 saturated heterocycles. The molecule has 1 aliphatic rings. The van der Waals surface area contributed by atoms with Crippen LogP contribution in [0.2, 0.25) is 0 Å². The second-order valence-corrected chi connectivity index (χ2v) is 7.84. The Hall–Kier alpha value is -3.89. The van der Waals surface area contributed by atoms with Crippen LogP contribution in [0.25, 0.3) is 16.7 Å². The van der Waals surface area contributed by atoms with Gasteiger partial charge in [0.05, 0.1) is 18.4 Å². The fourth-order valence-electron chi connectivity index (χ4n) is 4.33. The van der Waals surface area contributed by atoms with Crippen molar-refractivity contribution in [2.75, 3.05) is 38.2 Å². The van der Waals surface area contributed by atoms with Crippen LogP contribution in [0.15, 0.2) is 67.1 Å². The highest BCUT2D eigenvalue weighted by Gasteiger charge is 2.24. The molecule has 0 N–H and O–H groups in total. The normalized spacial score (nSPS) is 14.4. The van der Waals surface area contributed by atoms with E-state index < -0.39 is 0 Å². The number of fused-ring (bicyclic) bond motifs is 1. The first-order chi connectivity index (χ1) is 15.8. The molecular formula is C25H24N6O. The molecule has 7 nitrogen and oxygen atoms in total. The van der Waals surface area contributed by atoms with Gasteiger partial charge in [-0.15, -0.1) is 0 Å². The first-order valence-electron chi connectivity index (χ1n) is 10.7. The van der Waals surface area contributed by atoms with Crippen LogP contribution >= 0.6 is 0 Å². The van der Waals surface area contributed by atoms with E-state index in [0.29, 0.717) is 11.1 Å². The Morgan fingerprint density at radius 1 is 0.969 bits per heavy atom. The van der Waals surface area contributed by atoms with E-state index in [9.17, 15) is 5.26 Å². The molecule has 4 aromatic rings. The number of nitriles is 1. The molecule has 1 aliphatic heterocycles. The average molecular weight is 425 g/mol. The Balaban J connectivity index is 1.49. The predicted molar refractivity (Wildman–Crippen MR) is 124 cm³/mol. The third kappa shape index (κ3) is 3.66. The maximum atomic E-state index is 9.72. The third-order valence-electron chi connectivity index (χ3n) is 5.94. The topological polar surface area (TPSA) is 70.2 Å². The van der Waals surface area contributed by atoms with Crippen molar-refractivity contribution in [3.8, 4) is 17.5 Å². The van der Waals surface area contributed by atoms with Crippen molar-refractivity contribution in [1.29, 1.82) is 5.26 Å². The molecule has 5 rings (SSSR count). The van der Waals surface area contributed by atoms with E-state index in [2.05, 4.69) is 50.1 Å². The largest absolute Gasteiger partial charge is 0.495 e. The van der Waals surface area contributed by atoms with Crippen molar-refractivity contribution in [2.45, 2.75) is 6.54 Å². The Morgan fingerprint density at radius 3 is 2.47 bits per heavy atom. The van der Waals surface area contributed by atoms with Crippen molar-refractivity contribution >= 4 is 16.9 Å². The van der Waals surface area contributed by atoms with Gasteiger partial charge in [0, 0.05) is 38.9 Å². The standard InChI is InChI=1S/C25H24N6O/c1-32-22-10-6-5-9-21(22)31-17-20(15-26)23-24(31)25(28-18-27-23)30-13-11-29(12-14-30)16-19-7-3-2-4-8-19/h2-10,17-18H,11-14,16H2,1H3. The molecule has 0 saturated carbocycles. The molecule has 0 atom stereocenters. The molecule has 0 unspecified atom stereocenters. The molecule has 7 heteroatoms. The summed E-state index contributed by atoms with van der Waals surface area (Å²) in [4.78, 5) is 13.9. The minimum absolute atomic E-state index is 0.525. The van der Waals surface area contributed by atoms with Crippen LogP contribution in [0, 0.1) is 11.3 Å². The van der Waals surface area contributed by atoms with Gasteiger partial charge in [0.2, 0.25) is 0 Å². The van der Waals surface area contributed by atoms with E-state index in [1.54, 1.807) is 13.4 Å². The van der Waals surface area contributed by atoms with Gasteiger partial charge in [0.15, 0.2) is 5.82 Å². The van der Waals surface area contributed by atoms with Crippen molar-refractivity contribution in [3.63, 3.8) is 0 Å². The van der Waals surface area contributed by atoms with Gasteiger partial charge in [0.1, 0.15) is 29.2 Å². The average Bonchev–Trinajstić information content (AvgIpc) is 3.24. The fraction of sp³-hybridized carbons (Fsp3) is 0.240. The lowest BCUT2D eigenvalue weighted by Gasteiger charge is -2.35. The van der Waals surface area contributed by atoms with E-state index >= 15 is 0 Å². The van der Waals surface area contributed by atoms with E-state index in [1.165, 1.54) is 5.56 Å². The molecule has 0 aliphatic carbocycles. The van der Waals surface area contributed by atoms with E-state index in [-0.39, 0.29) is 0 Å². The number of benzene rings is 2. The number of nitrogens with zero attached hydrogens (tertiary/aromatic N) is 6. The number of hydrogen-bond acceptors (Lipinski definition) is 6. The number of hydrogen-bond donors (Lipinski definition) is 0. The van der Waals surface area contributed by atoms with Crippen molar-refractivity contribution in [1.82, 2.24) is 19.4 Å². The Morgan fingerprint density at radius 2 is 1.72 bits per heavy atom. The van der Waals surface area contributed by atoms with Gasteiger partial charge in [-0.05, 0) is 17.7 Å². The van der Waals surface area contributed by atoms with E-state index in [4.69, 9.17) is 4.74 Å². The van der Waals surface area contributed by atoms with Crippen LogP contribution in [0.5, 0.6) is 5.75 Å². The zero-order chi connectivity index (χ0) is 21.9. The predicted octanol–water partition coefficient (Wildman–Crippen LogP) is 3.62. The molecular weight excluding hydrogens is 400 g/mol. The number of methoxy groups -OCH3 is 1. The quantitative estimate of drug-likeness (QED) is 0.487. The molecule has 0 spiro atoms. The van der Waals surface area contributed by atoms with Crippen LogP contribution in [0.1, 0.15) is 11.1 Å². The molecule has 1 fully saturated rings. The lowest BCUT2D eigenvalue weighted by Crippen LogP contribution is -2.46. The van der Waals surface area contributed by atoms with Gasteiger partial charge in [-0.25, -0.2) is 9.97 Å². The summed E-state index contributed by atoms with van der Waals surface area (Å²) in [6.07, 6.45) is 3.38. The zero-order valence-electron chi connectivity index (χ0n) is 18.0. The van der Waals surface area contributed by atoms with Crippen LogP contribution in [0.3, 0.4) is 0 Å². The molecule has 2 aromatic carbocycles. The number of piperazine rings is 1. The highest BCUT2D eigenvalue weighted by molar-refractivity contribution is 5.93. The highest BCUT2D eigenvalue weighted by atomic mass is 16.5. The van der Waals surface area contributed by atoms with Crippen molar-refractivity contribution < 1.29 is 4.74 Å². The smallest absolute Gasteiger partial charge is 0.157 e. The maximum Gasteiger partial charge on any atom is 0.157 e. The first kappa shape index (κ1) is 20.0. The van der Waals surface area contributed by atoms with Gasteiger partial charge in [0.25, 0.3) is 0 Å². The van der Waals surface area contributed by atoms with Crippen LogP contribution < -0.4 is 9.64 Å². The van der Waals surface area contributed by atoms with Crippen LogP contribution in [-0.4, -0.2) is 52.7 Å². The lowest BCUT2D eigenvalue weighted by molar-refractivity contribution is 0.249. The summed E-state index contributed by atoms with van der Waals surface area (Å²) in [6.45, 7) is 4.56. The molecule has 0 radical (unpaired) electrons. The second-order valence-electron chi connectivity index (χ2n) is 7.84. The molecule has 3 heterocycles. The summed E-state index contributed by atoms with van der Waals surface area (Å²) in [5, 5.41) is 9.72. The Kier molecular flexibility index (Phi) is 5.44. The SMILES string of the molecule is COc1ccccc1-n1cc(C#N)c2ncnc(N3CCN(Cc4ccccc4)CC3)c21. The minimum atomic E-state index is 0.525. The molecule has 160 valence electrons. The number of anilines is 1. The fourth-order valence-corrected chi connectivity index (χ4v) is 4.33. The van der Waals surface area contributed by atoms with Crippen LogP contribution in [0.4, 0.5) is 5.82 Å². The van der Waals surface area contributed by atoms with Gasteiger partial charge >= 0.3 is 0 Å². The highest BCUT2D eigenvalue weighted by Crippen LogP contribution is 2.33. The summed E-state index contributed by atoms with van der Waals surface area (Å²) in [5.41, 5.74) is 4.21. The van der Waals surface area contributed by atoms with Gasteiger partial charge in [-0.1, -0.05) is 42.5 Å². The molecule has 0 bridgehead atoms. The Labute approximate surface area is 187 Å². The van der Waals surface area contributed by atoms with Gasteiger partial charge < -0.3 is 14.2 Å². The second kappa shape index (κ2) is 8.69. The zero-order valence-corrected chi connectivity index (χ0v) is 18.0. The van der Waals surface area contributed by atoms with Crippen molar-refractivity contribution in [2.24, 2.45) is 0 Å². The number of ether oxygens (including phenoxy) is 1. The monoisotopic (exact) mass is 424 g/mol. The van der Waals surface area contributed by atoms with E-state index in [1.807, 2.05) is 41.1 Å². The van der Waals surface area contributed by atoms with Crippen LogP contribution in [-0.2, 0) is 6.54 Å². The summed E-state index contributed by atoms with van der Waals surface area (Å²) in [7, 11) is 1.65. The summed E-state index contributed by atoms with van der Waals surface area (Å²) in [5.74, 6) is 1.58. The summed E-state index contributed by atoms with van der Waals surface area (Å²) < 4.78 is 7.57. The summed E-state index contributed by atoms with van der Waals surface area (Å²) in [6, 6.07) is 20.6. The van der Waals surface area contributed by atoms with E-state index in [0.717, 1.165) is 55.5 Å². The third-order valence-corrected chi connectivity index (χ3v) is 5.94. The van der Waals surface area contributed by atoms with Gasteiger partial charge in [-0.3, -0.25) is 4.90 Å². The maximum absolute atomic E-state index is 9.72. The minimum Gasteiger partial charge on any atom is -0.495 e. The first-order valence-corrected chi connectivity index (χ1v) is 10.7. The summed E-state index contributed by atoms with van der Waals surface area (Å²) >= 11 is 0. The number of rotatable bonds is 5. The molecule has 32 heavy (non-hydrogen) atoms. The van der Waals surface area contributed by atoms with Gasteiger partial charge in [-0.2, -0.15) is 5.26 Å². The molecule has 2 aromatic heterocycles. The molecule has 0 amide bonds. The number of para-hydroxylation sites is 2.